The quantitative estimate of drug-likeness (QED) is 0.711. The number of fused-ring (bicyclic) bond motifs is 1. The van der Waals surface area contributed by atoms with Gasteiger partial charge in [-0.3, -0.25) is 0 Å². The average Bonchev–Trinajstić information content (AvgIpc) is 2.67. The number of hydrogen-bond acceptors (Lipinski definition) is 5. The van der Waals surface area contributed by atoms with E-state index in [1.165, 1.54) is 5.56 Å². The molecule has 0 aliphatic carbocycles. The molecule has 1 aromatic heterocycles. The van der Waals surface area contributed by atoms with Crippen LogP contribution in [-0.4, -0.2) is 29.4 Å². The van der Waals surface area contributed by atoms with Crippen molar-refractivity contribution in [1.82, 2.24) is 9.97 Å². The molecule has 26 heavy (non-hydrogen) atoms. The topological polar surface area (TPSA) is 56.6 Å². The molecule has 0 N–H and O–H groups in total. The first-order chi connectivity index (χ1) is 12.6. The van der Waals surface area contributed by atoms with Gasteiger partial charge in [-0.1, -0.05) is 30.3 Å². The van der Waals surface area contributed by atoms with Crippen LogP contribution >= 0.6 is 0 Å². The highest BCUT2D eigenvalue weighted by molar-refractivity contribution is 6.04. The molecule has 0 unspecified atom stereocenters. The Hall–Kier alpha value is -3.21. The third-order valence-electron chi connectivity index (χ3n) is 4.40. The van der Waals surface area contributed by atoms with Gasteiger partial charge in [-0.15, -0.1) is 0 Å². The molecular weight excluding hydrogens is 326 g/mol. The van der Waals surface area contributed by atoms with E-state index in [1.54, 1.807) is 13.3 Å². The number of ether oxygens (including phenoxy) is 2. The molecular formula is C21H19N3O2. The van der Waals surface area contributed by atoms with Gasteiger partial charge in [-0.2, -0.15) is 4.98 Å². The normalized spacial score (nSPS) is 12.8. The number of nitrogens with zero attached hydrogens (tertiary/aromatic N) is 3. The maximum atomic E-state index is 5.84. The summed E-state index contributed by atoms with van der Waals surface area (Å²) in [5.41, 5.74) is 6.96. The lowest BCUT2D eigenvalue weighted by molar-refractivity contribution is 0.373. The third-order valence-corrected chi connectivity index (χ3v) is 4.40. The zero-order valence-corrected chi connectivity index (χ0v) is 15.0. The molecule has 5 nitrogen and oxygen atoms in total. The number of aromatic nitrogens is 2. The molecule has 0 bridgehead atoms. The summed E-state index contributed by atoms with van der Waals surface area (Å²) >= 11 is 0. The van der Waals surface area contributed by atoms with Crippen LogP contribution in [0.1, 0.15) is 16.8 Å². The number of hydrogen-bond donors (Lipinski definition) is 0. The summed E-state index contributed by atoms with van der Waals surface area (Å²) < 4.78 is 10.9. The Morgan fingerprint density at radius 2 is 1.77 bits per heavy atom. The van der Waals surface area contributed by atoms with Gasteiger partial charge in [0, 0.05) is 11.8 Å². The number of benzene rings is 2. The lowest BCUT2D eigenvalue weighted by atomic mass is 10.0. The first-order valence-corrected chi connectivity index (χ1v) is 8.43. The summed E-state index contributed by atoms with van der Waals surface area (Å²) in [6, 6.07) is 14.7. The Morgan fingerprint density at radius 3 is 2.50 bits per heavy atom. The maximum Gasteiger partial charge on any atom is 0.316 e. The molecule has 0 saturated heterocycles. The largest absolute Gasteiger partial charge is 0.485 e. The highest BCUT2D eigenvalue weighted by Crippen LogP contribution is 2.32. The predicted octanol–water partition coefficient (Wildman–Crippen LogP) is 4.28. The van der Waals surface area contributed by atoms with E-state index >= 15 is 0 Å². The Bertz CT molecular complexity index is 995. The van der Waals surface area contributed by atoms with E-state index in [9.17, 15) is 0 Å². The smallest absolute Gasteiger partial charge is 0.316 e. The minimum Gasteiger partial charge on any atom is -0.485 e. The van der Waals surface area contributed by atoms with Gasteiger partial charge >= 0.3 is 6.01 Å². The zero-order chi connectivity index (χ0) is 18.1. The van der Waals surface area contributed by atoms with Crippen LogP contribution in [0.25, 0.3) is 11.1 Å². The minimum atomic E-state index is 0.380. The second-order valence-corrected chi connectivity index (χ2v) is 6.25. The summed E-state index contributed by atoms with van der Waals surface area (Å²) in [5, 5.41) is 0. The van der Waals surface area contributed by atoms with Gasteiger partial charge in [0.2, 0.25) is 0 Å². The maximum absolute atomic E-state index is 5.84. The number of aryl methyl sites for hydroxylation is 2. The summed E-state index contributed by atoms with van der Waals surface area (Å²) in [6.45, 7) is 4.48. The Balaban J connectivity index is 1.64. The summed E-state index contributed by atoms with van der Waals surface area (Å²) in [5.74, 6) is 0.835. The van der Waals surface area contributed by atoms with Crippen molar-refractivity contribution in [3.8, 4) is 22.9 Å². The van der Waals surface area contributed by atoms with Gasteiger partial charge < -0.3 is 9.47 Å². The molecule has 0 saturated carbocycles. The SMILES string of the molecule is COc1ncc(-c2ccc(C3=Nc4cc(C)ccc4OC3)cc2)c(C)n1. The zero-order valence-electron chi connectivity index (χ0n) is 15.0. The van der Waals surface area contributed by atoms with Crippen molar-refractivity contribution < 1.29 is 9.47 Å². The molecule has 0 fully saturated rings. The molecule has 0 amide bonds. The van der Waals surface area contributed by atoms with Crippen LogP contribution in [0.5, 0.6) is 11.8 Å². The van der Waals surface area contributed by atoms with Crippen LogP contribution in [0, 0.1) is 13.8 Å². The molecule has 3 aromatic rings. The van der Waals surface area contributed by atoms with E-state index in [4.69, 9.17) is 14.5 Å². The minimum absolute atomic E-state index is 0.380. The molecule has 1 aliphatic heterocycles. The lowest BCUT2D eigenvalue weighted by Gasteiger charge is -2.17. The Kier molecular flexibility index (Phi) is 4.13. The van der Waals surface area contributed by atoms with Gasteiger partial charge in [0.25, 0.3) is 0 Å². The standard InChI is InChI=1S/C21H19N3O2/c1-13-4-9-20-18(10-13)24-19(12-26-20)16-7-5-15(6-8-16)17-11-22-21(25-3)23-14(17)2/h4-11H,12H2,1-3H3. The Morgan fingerprint density at radius 1 is 1.00 bits per heavy atom. The number of methoxy groups -OCH3 is 1. The monoisotopic (exact) mass is 345 g/mol. The van der Waals surface area contributed by atoms with Crippen molar-refractivity contribution in [3.05, 3.63) is 65.5 Å². The second-order valence-electron chi connectivity index (χ2n) is 6.25. The fourth-order valence-corrected chi connectivity index (χ4v) is 2.98. The van der Waals surface area contributed by atoms with Crippen LogP contribution in [0.15, 0.2) is 53.7 Å². The first-order valence-electron chi connectivity index (χ1n) is 8.43. The van der Waals surface area contributed by atoms with E-state index in [1.807, 2.05) is 25.1 Å². The van der Waals surface area contributed by atoms with Gasteiger partial charge in [0.05, 0.1) is 18.5 Å². The third kappa shape index (κ3) is 3.04. The van der Waals surface area contributed by atoms with Gasteiger partial charge in [0.15, 0.2) is 0 Å². The van der Waals surface area contributed by atoms with E-state index in [2.05, 4.69) is 41.2 Å². The highest BCUT2D eigenvalue weighted by Gasteiger charge is 2.15. The molecule has 0 radical (unpaired) electrons. The first kappa shape index (κ1) is 16.3. The molecule has 5 heteroatoms. The molecule has 0 atom stereocenters. The van der Waals surface area contributed by atoms with Crippen molar-refractivity contribution in [3.63, 3.8) is 0 Å². The lowest BCUT2D eigenvalue weighted by Crippen LogP contribution is -2.16. The Labute approximate surface area is 152 Å². The van der Waals surface area contributed by atoms with Crippen LogP contribution in [-0.2, 0) is 0 Å². The van der Waals surface area contributed by atoms with E-state index < -0.39 is 0 Å². The second kappa shape index (κ2) is 6.59. The highest BCUT2D eigenvalue weighted by atomic mass is 16.5. The number of aliphatic imine (C=N–C) groups is 1. The van der Waals surface area contributed by atoms with Gasteiger partial charge in [0.1, 0.15) is 18.0 Å². The summed E-state index contributed by atoms with van der Waals surface area (Å²) in [6.07, 6.45) is 1.79. The molecule has 4 rings (SSSR count). The van der Waals surface area contributed by atoms with Gasteiger partial charge in [-0.05, 0) is 42.7 Å². The van der Waals surface area contributed by atoms with Crippen LogP contribution < -0.4 is 9.47 Å². The molecule has 130 valence electrons. The number of rotatable bonds is 3. The van der Waals surface area contributed by atoms with Crippen LogP contribution in [0.2, 0.25) is 0 Å². The summed E-state index contributed by atoms with van der Waals surface area (Å²) in [4.78, 5) is 13.3. The van der Waals surface area contributed by atoms with Crippen molar-refractivity contribution in [2.45, 2.75) is 13.8 Å². The van der Waals surface area contributed by atoms with Crippen LogP contribution in [0.3, 0.4) is 0 Å². The van der Waals surface area contributed by atoms with E-state index in [0.29, 0.717) is 12.6 Å². The van der Waals surface area contributed by atoms with Crippen molar-refractivity contribution in [2.75, 3.05) is 13.7 Å². The van der Waals surface area contributed by atoms with Crippen molar-refractivity contribution in [1.29, 1.82) is 0 Å². The van der Waals surface area contributed by atoms with Crippen molar-refractivity contribution in [2.24, 2.45) is 4.99 Å². The summed E-state index contributed by atoms with van der Waals surface area (Å²) in [7, 11) is 1.57. The molecule has 2 aromatic carbocycles. The average molecular weight is 345 g/mol. The van der Waals surface area contributed by atoms with E-state index in [-0.39, 0.29) is 0 Å². The molecule has 1 aliphatic rings. The van der Waals surface area contributed by atoms with Crippen LogP contribution in [0.4, 0.5) is 5.69 Å². The fourth-order valence-electron chi connectivity index (χ4n) is 2.98. The van der Waals surface area contributed by atoms with Crippen molar-refractivity contribution >= 4 is 11.4 Å². The predicted molar refractivity (Wildman–Crippen MR) is 102 cm³/mol. The molecule has 0 spiro atoms. The van der Waals surface area contributed by atoms with E-state index in [0.717, 1.165) is 39.5 Å². The van der Waals surface area contributed by atoms with Gasteiger partial charge in [-0.25, -0.2) is 9.98 Å². The fraction of sp³-hybridized carbons (Fsp3) is 0.190. The molecule has 2 heterocycles.